The molecule has 0 spiro atoms. The Morgan fingerprint density at radius 2 is 1.15 bits per heavy atom. The molecule has 6 aromatic carbocycles. The number of phenolic OH excluding ortho intramolecular Hbond substituents is 1. The molecule has 0 radical (unpaired) electrons. The molecule has 5 nitrogen and oxygen atoms in total. The monoisotopic (exact) mass is 803 g/mol. The Kier molecular flexibility index (Phi) is 9.29. The van der Waals surface area contributed by atoms with Crippen molar-refractivity contribution in [3.05, 3.63) is 168 Å². The smallest absolute Gasteiger partial charge is 0.434 e. The van der Waals surface area contributed by atoms with E-state index < -0.39 is 8.48 Å². The van der Waals surface area contributed by atoms with E-state index >= 15 is 0 Å². The van der Waals surface area contributed by atoms with Crippen molar-refractivity contribution >= 4 is 29.9 Å². The van der Waals surface area contributed by atoms with Gasteiger partial charge in [-0.25, -0.2) is 4.98 Å². The fourth-order valence-corrected chi connectivity index (χ4v) is 12.7. The van der Waals surface area contributed by atoms with Crippen molar-refractivity contribution in [3.8, 4) is 56.4 Å². The molecule has 300 valence electrons. The molecular weight excluding hydrogens is 751 g/mol. The van der Waals surface area contributed by atoms with Gasteiger partial charge in [0.1, 0.15) is 17.3 Å². The Bertz CT molecular complexity index is 2860. The summed E-state index contributed by atoms with van der Waals surface area (Å²) in [6.45, 7) is 19.9. The molecule has 2 aromatic heterocycles. The van der Waals surface area contributed by atoms with Gasteiger partial charge >= 0.3 is 8.48 Å². The van der Waals surface area contributed by atoms with Gasteiger partial charge in [0.15, 0.2) is 0 Å². The Morgan fingerprint density at radius 1 is 0.550 bits per heavy atom. The highest BCUT2D eigenvalue weighted by atomic mass is 28.4. The lowest BCUT2D eigenvalue weighted by Gasteiger charge is -2.42. The second-order valence-corrected chi connectivity index (χ2v) is 22.4. The molecule has 0 amide bonds. The first-order chi connectivity index (χ1) is 28.6. The largest absolute Gasteiger partial charge is 0.517 e. The Morgan fingerprint density at radius 3 is 1.75 bits per heavy atom. The zero-order valence-corrected chi connectivity index (χ0v) is 37.1. The van der Waals surface area contributed by atoms with Crippen LogP contribution in [0.4, 0.5) is 0 Å². The van der Waals surface area contributed by atoms with Gasteiger partial charge in [-0.3, -0.25) is 4.98 Å². The van der Waals surface area contributed by atoms with Crippen molar-refractivity contribution in [1.29, 1.82) is 0 Å². The van der Waals surface area contributed by atoms with Gasteiger partial charge in [0.25, 0.3) is 0 Å². The lowest BCUT2D eigenvalue weighted by Crippen LogP contribution is -2.70. The summed E-state index contributed by atoms with van der Waals surface area (Å²) in [7, 11) is -3.45. The molecule has 0 bridgehead atoms. The normalized spacial score (nSPS) is 13.8. The maximum absolute atomic E-state index is 12.6. The number of hydrogen-bond acceptors (Lipinski definition) is 4. The molecule has 0 unspecified atom stereocenters. The molecule has 60 heavy (non-hydrogen) atoms. The van der Waals surface area contributed by atoms with Gasteiger partial charge in [0.05, 0.1) is 22.3 Å². The molecule has 0 saturated carbocycles. The SMILES string of the molecule is CC(C)(C)c1cc(-c2cc(-c3ccccc3)ccn2)cc(-c2cccc3c2nc2n3[Si](c3ccccc3)(c3ccccc3)Oc3c(C(C)(C)C)cc(C(C)(C)C)c(O)c3-2)c1. The van der Waals surface area contributed by atoms with E-state index in [9.17, 15) is 5.11 Å². The van der Waals surface area contributed by atoms with E-state index in [0.29, 0.717) is 11.3 Å². The highest BCUT2D eigenvalue weighted by Gasteiger charge is 2.53. The third-order valence-corrected chi connectivity index (χ3v) is 15.8. The minimum absolute atomic E-state index is 0.142. The van der Waals surface area contributed by atoms with Crippen LogP contribution in [-0.2, 0) is 16.2 Å². The molecule has 0 saturated heterocycles. The average molecular weight is 804 g/mol. The Hall–Kier alpha value is -6.24. The van der Waals surface area contributed by atoms with Gasteiger partial charge in [-0.2, -0.15) is 0 Å². The minimum Gasteiger partial charge on any atom is -0.517 e. The molecule has 0 aliphatic carbocycles. The van der Waals surface area contributed by atoms with E-state index in [1.807, 2.05) is 12.3 Å². The van der Waals surface area contributed by atoms with Crippen LogP contribution in [0.5, 0.6) is 11.5 Å². The highest BCUT2D eigenvalue weighted by molar-refractivity contribution is 6.97. The zero-order chi connectivity index (χ0) is 42.2. The van der Waals surface area contributed by atoms with E-state index in [0.717, 1.165) is 71.9 Å². The summed E-state index contributed by atoms with van der Waals surface area (Å²) in [5, 5.41) is 14.8. The van der Waals surface area contributed by atoms with Crippen LogP contribution in [-0.4, -0.2) is 27.8 Å². The highest BCUT2D eigenvalue weighted by Crippen LogP contribution is 2.53. The van der Waals surface area contributed by atoms with Gasteiger partial charge in [-0.15, -0.1) is 0 Å². The fourth-order valence-electron chi connectivity index (χ4n) is 8.74. The molecule has 6 heteroatoms. The van der Waals surface area contributed by atoms with Crippen LogP contribution in [0.25, 0.3) is 55.9 Å². The van der Waals surface area contributed by atoms with E-state index in [1.54, 1.807) is 0 Å². The van der Waals surface area contributed by atoms with E-state index in [-0.39, 0.29) is 22.0 Å². The third-order valence-electron chi connectivity index (χ3n) is 11.9. The summed E-state index contributed by atoms with van der Waals surface area (Å²) in [6.07, 6.45) is 1.91. The van der Waals surface area contributed by atoms with Crippen molar-refractivity contribution < 1.29 is 9.53 Å². The number of hydrogen-bond donors (Lipinski definition) is 1. The number of para-hydroxylation sites is 1. The average Bonchev–Trinajstić information content (AvgIpc) is 3.63. The number of rotatable bonds is 5. The second kappa shape index (κ2) is 14.2. The second-order valence-electron chi connectivity index (χ2n) is 19.3. The zero-order valence-electron chi connectivity index (χ0n) is 36.1. The molecule has 8 aromatic rings. The molecule has 3 heterocycles. The van der Waals surface area contributed by atoms with E-state index in [2.05, 4.69) is 206 Å². The van der Waals surface area contributed by atoms with Crippen molar-refractivity contribution in [2.24, 2.45) is 0 Å². The summed E-state index contributed by atoms with van der Waals surface area (Å²) in [5.74, 6) is 1.64. The van der Waals surface area contributed by atoms with Crippen LogP contribution in [0.2, 0.25) is 0 Å². The number of phenols is 1. The van der Waals surface area contributed by atoms with Gasteiger partial charge in [0, 0.05) is 33.3 Å². The minimum atomic E-state index is -3.45. The lowest BCUT2D eigenvalue weighted by molar-refractivity contribution is 0.434. The van der Waals surface area contributed by atoms with Crippen LogP contribution in [0.1, 0.15) is 79.0 Å². The van der Waals surface area contributed by atoms with Crippen LogP contribution in [0, 0.1) is 0 Å². The van der Waals surface area contributed by atoms with Gasteiger partial charge in [0.2, 0.25) is 0 Å². The predicted molar refractivity (Wildman–Crippen MR) is 251 cm³/mol. The first-order valence-corrected chi connectivity index (χ1v) is 22.8. The van der Waals surface area contributed by atoms with Gasteiger partial charge < -0.3 is 13.8 Å². The summed E-state index contributed by atoms with van der Waals surface area (Å²) in [5.41, 5.74) is 11.1. The molecule has 1 aliphatic rings. The van der Waals surface area contributed by atoms with Crippen molar-refractivity contribution in [3.63, 3.8) is 0 Å². The molecular formula is C54H53N3O2Si. The number of fused-ring (bicyclic) bond motifs is 5. The number of aromatic hydroxyl groups is 1. The van der Waals surface area contributed by atoms with Crippen LogP contribution < -0.4 is 14.8 Å². The first kappa shape index (κ1) is 39.2. The predicted octanol–water partition coefficient (Wildman–Crippen LogP) is 12.2. The molecule has 1 N–H and O–H groups in total. The van der Waals surface area contributed by atoms with Crippen molar-refractivity contribution in [2.45, 2.75) is 78.6 Å². The topological polar surface area (TPSA) is 60.2 Å². The lowest BCUT2D eigenvalue weighted by atomic mass is 9.78. The number of pyridine rings is 1. The summed E-state index contributed by atoms with van der Waals surface area (Å²) in [4.78, 5) is 10.6. The van der Waals surface area contributed by atoms with E-state index in [1.165, 1.54) is 5.56 Å². The van der Waals surface area contributed by atoms with Crippen molar-refractivity contribution in [1.82, 2.24) is 14.2 Å². The van der Waals surface area contributed by atoms with Crippen LogP contribution >= 0.6 is 0 Å². The Labute approximate surface area is 355 Å². The van der Waals surface area contributed by atoms with Crippen molar-refractivity contribution in [2.75, 3.05) is 0 Å². The number of imidazole rings is 1. The Balaban J connectivity index is 1.39. The summed E-state index contributed by atoms with van der Waals surface area (Å²) in [6, 6.07) is 51.5. The first-order valence-electron chi connectivity index (χ1n) is 21.0. The number of aromatic nitrogens is 3. The maximum Gasteiger partial charge on any atom is 0.434 e. The van der Waals surface area contributed by atoms with E-state index in [4.69, 9.17) is 14.4 Å². The molecule has 0 fully saturated rings. The summed E-state index contributed by atoms with van der Waals surface area (Å²) < 4.78 is 10.2. The standard InChI is InChI=1S/C54H53N3O2Si/c1-52(2,3)39-31-37(30-38(32-39)45-33-36(28-29-55-45)35-20-13-10-14-21-35)42-26-19-27-46-48(42)56-51-47-49(58)43(53(4,5)6)34-44(54(7,8)9)50(47)59-60(57(46)51,40-22-15-11-16-23-40)41-24-17-12-18-25-41/h10-34,58H,1-9H3. The van der Waals surface area contributed by atoms with Gasteiger partial charge in [-0.1, -0.05) is 172 Å². The van der Waals surface area contributed by atoms with Crippen LogP contribution in [0.15, 0.2) is 152 Å². The summed E-state index contributed by atoms with van der Waals surface area (Å²) >= 11 is 0. The van der Waals surface area contributed by atoms with Gasteiger partial charge in [-0.05, 0) is 80.5 Å². The van der Waals surface area contributed by atoms with Crippen LogP contribution in [0.3, 0.4) is 0 Å². The quantitative estimate of drug-likeness (QED) is 0.176. The number of nitrogens with zero attached hydrogens (tertiary/aromatic N) is 3. The maximum atomic E-state index is 12.6. The number of benzene rings is 6. The molecule has 9 rings (SSSR count). The fraction of sp³-hybridized carbons (Fsp3) is 0.222. The molecule has 1 aliphatic heterocycles. The third kappa shape index (κ3) is 6.54. The molecule has 0 atom stereocenters.